The molecule has 5 heteroatoms. The van der Waals surface area contributed by atoms with E-state index in [2.05, 4.69) is 24.0 Å². The Morgan fingerprint density at radius 3 is 2.86 bits per heavy atom. The summed E-state index contributed by atoms with van der Waals surface area (Å²) in [7, 11) is 4.15. The third-order valence-corrected chi connectivity index (χ3v) is 5.26. The quantitative estimate of drug-likeness (QED) is 0.833. The molecule has 0 N–H and O–H groups in total. The van der Waals surface area contributed by atoms with Gasteiger partial charge in [0.2, 0.25) is 5.91 Å². The Labute approximate surface area is 131 Å². The number of hydrogen-bond acceptors (Lipinski definition) is 4. The molecule has 1 aliphatic carbocycles. The molecule has 0 spiro atoms. The van der Waals surface area contributed by atoms with Gasteiger partial charge < -0.3 is 14.5 Å². The number of carbonyl (C=O) groups excluding carboxylic acids is 1. The second kappa shape index (κ2) is 5.32. The number of nitrogens with zero attached hydrogens (tertiary/aromatic N) is 3. The smallest absolute Gasteiger partial charge is 0.226 e. The van der Waals surface area contributed by atoms with E-state index >= 15 is 0 Å². The SMILES string of the molecule is CN(C)Cc1cncc2c1CCN(C(=O)C1[C@H]3COC[C@@H]13)C2. The number of hydrogen-bond donors (Lipinski definition) is 0. The van der Waals surface area contributed by atoms with E-state index in [1.165, 1.54) is 16.7 Å². The summed E-state index contributed by atoms with van der Waals surface area (Å²) in [6.07, 6.45) is 4.86. The van der Waals surface area contributed by atoms with Gasteiger partial charge >= 0.3 is 0 Å². The Morgan fingerprint density at radius 2 is 2.14 bits per heavy atom. The van der Waals surface area contributed by atoms with Crippen LogP contribution in [0.25, 0.3) is 0 Å². The molecule has 0 radical (unpaired) electrons. The summed E-state index contributed by atoms with van der Waals surface area (Å²) < 4.78 is 5.40. The van der Waals surface area contributed by atoms with E-state index in [9.17, 15) is 4.79 Å². The number of rotatable bonds is 3. The third kappa shape index (κ3) is 2.32. The number of fused-ring (bicyclic) bond motifs is 2. The molecule has 1 saturated heterocycles. The number of ether oxygens (including phenoxy) is 1. The van der Waals surface area contributed by atoms with Crippen LogP contribution in [0.3, 0.4) is 0 Å². The minimum atomic E-state index is 0.230. The van der Waals surface area contributed by atoms with Crippen LogP contribution >= 0.6 is 0 Å². The van der Waals surface area contributed by atoms with Gasteiger partial charge in [0.1, 0.15) is 0 Å². The fraction of sp³-hybridized carbons (Fsp3) is 0.647. The molecule has 1 amide bonds. The van der Waals surface area contributed by atoms with E-state index in [1.54, 1.807) is 0 Å². The predicted octanol–water partition coefficient (Wildman–Crippen LogP) is 0.920. The minimum absolute atomic E-state index is 0.230. The van der Waals surface area contributed by atoms with Crippen LogP contribution in [0.5, 0.6) is 0 Å². The molecule has 22 heavy (non-hydrogen) atoms. The average molecular weight is 301 g/mol. The predicted molar refractivity (Wildman–Crippen MR) is 82.0 cm³/mol. The van der Waals surface area contributed by atoms with Crippen LogP contribution in [-0.4, -0.2) is 54.5 Å². The van der Waals surface area contributed by atoms with Gasteiger partial charge in [0.15, 0.2) is 0 Å². The highest BCUT2D eigenvalue weighted by Gasteiger charge is 2.59. The van der Waals surface area contributed by atoms with Crippen LogP contribution in [-0.2, 0) is 29.0 Å². The second-order valence-electron chi connectivity index (χ2n) is 7.07. The fourth-order valence-electron chi connectivity index (χ4n) is 4.05. The highest BCUT2D eigenvalue weighted by atomic mass is 16.5. The Kier molecular flexibility index (Phi) is 3.42. The number of aromatic nitrogens is 1. The molecule has 5 nitrogen and oxygen atoms in total. The van der Waals surface area contributed by atoms with Crippen molar-refractivity contribution in [3.63, 3.8) is 0 Å². The molecule has 3 heterocycles. The van der Waals surface area contributed by atoms with Gasteiger partial charge in [0, 0.05) is 37.9 Å². The summed E-state index contributed by atoms with van der Waals surface area (Å²) >= 11 is 0. The van der Waals surface area contributed by atoms with Crippen LogP contribution < -0.4 is 0 Å². The lowest BCUT2D eigenvalue weighted by molar-refractivity contribution is -0.135. The van der Waals surface area contributed by atoms with Crippen LogP contribution in [0.15, 0.2) is 12.4 Å². The summed E-state index contributed by atoms with van der Waals surface area (Å²) in [6.45, 7) is 4.03. The van der Waals surface area contributed by atoms with Crippen LogP contribution in [0.2, 0.25) is 0 Å². The average Bonchev–Trinajstić information content (AvgIpc) is 2.97. The Hall–Kier alpha value is -1.46. The third-order valence-electron chi connectivity index (χ3n) is 5.26. The maximum atomic E-state index is 12.7. The first-order valence-electron chi connectivity index (χ1n) is 8.11. The van der Waals surface area contributed by atoms with Crippen molar-refractivity contribution in [2.24, 2.45) is 17.8 Å². The zero-order valence-electron chi connectivity index (χ0n) is 13.3. The Morgan fingerprint density at radius 1 is 1.36 bits per heavy atom. The van der Waals surface area contributed by atoms with Crippen molar-refractivity contribution < 1.29 is 9.53 Å². The number of amides is 1. The fourth-order valence-corrected chi connectivity index (χ4v) is 4.05. The normalized spacial score (nSPS) is 29.4. The lowest BCUT2D eigenvalue weighted by atomic mass is 9.96. The van der Waals surface area contributed by atoms with Crippen LogP contribution in [0, 0.1) is 17.8 Å². The van der Waals surface area contributed by atoms with Crippen LogP contribution in [0.4, 0.5) is 0 Å². The van der Waals surface area contributed by atoms with Gasteiger partial charge in [-0.05, 0) is 49.0 Å². The second-order valence-corrected chi connectivity index (χ2v) is 7.07. The number of carbonyl (C=O) groups is 1. The lowest BCUT2D eigenvalue weighted by Gasteiger charge is -2.31. The van der Waals surface area contributed by atoms with Gasteiger partial charge in [-0.2, -0.15) is 0 Å². The molecular weight excluding hydrogens is 278 g/mol. The van der Waals surface area contributed by atoms with E-state index in [-0.39, 0.29) is 5.92 Å². The van der Waals surface area contributed by atoms with Crippen molar-refractivity contribution in [1.29, 1.82) is 0 Å². The maximum absolute atomic E-state index is 12.7. The zero-order chi connectivity index (χ0) is 15.3. The summed E-state index contributed by atoms with van der Waals surface area (Å²) in [4.78, 5) is 21.3. The Bertz CT molecular complexity index is 592. The Balaban J connectivity index is 1.49. The molecule has 1 aromatic rings. The molecule has 0 bridgehead atoms. The van der Waals surface area contributed by atoms with E-state index < -0.39 is 0 Å². The highest BCUT2D eigenvalue weighted by molar-refractivity contribution is 5.83. The zero-order valence-corrected chi connectivity index (χ0v) is 13.3. The first kappa shape index (κ1) is 14.2. The summed E-state index contributed by atoms with van der Waals surface area (Å²) in [5, 5.41) is 0. The highest BCUT2D eigenvalue weighted by Crippen LogP contribution is 2.51. The molecule has 4 rings (SSSR count). The summed E-state index contributed by atoms with van der Waals surface area (Å²) in [5.74, 6) is 1.55. The van der Waals surface area contributed by atoms with Crippen molar-refractivity contribution in [3.05, 3.63) is 29.1 Å². The van der Waals surface area contributed by atoms with Crippen molar-refractivity contribution in [1.82, 2.24) is 14.8 Å². The van der Waals surface area contributed by atoms with E-state index in [4.69, 9.17) is 4.74 Å². The van der Waals surface area contributed by atoms with Gasteiger partial charge in [-0.25, -0.2) is 0 Å². The maximum Gasteiger partial charge on any atom is 0.226 e. The van der Waals surface area contributed by atoms with Crippen molar-refractivity contribution in [2.45, 2.75) is 19.5 Å². The molecule has 2 fully saturated rings. The van der Waals surface area contributed by atoms with Crippen molar-refractivity contribution >= 4 is 5.91 Å². The standard InChI is InChI=1S/C17H23N3O2/c1-19(2)7-11-5-18-6-12-8-20(4-3-13(11)12)17(21)16-14-9-22-10-15(14)16/h5-6,14-16H,3-4,7-10H2,1-2H3/t14-,15+,16?. The molecule has 1 unspecified atom stereocenters. The van der Waals surface area contributed by atoms with E-state index in [0.717, 1.165) is 39.3 Å². The van der Waals surface area contributed by atoms with Crippen molar-refractivity contribution in [2.75, 3.05) is 33.9 Å². The first-order valence-corrected chi connectivity index (χ1v) is 8.11. The van der Waals surface area contributed by atoms with Crippen LogP contribution in [0.1, 0.15) is 16.7 Å². The summed E-state index contributed by atoms with van der Waals surface area (Å²) in [6, 6.07) is 0. The molecule has 118 valence electrons. The monoisotopic (exact) mass is 301 g/mol. The molecule has 1 saturated carbocycles. The molecule has 1 aromatic heterocycles. The first-order chi connectivity index (χ1) is 10.6. The molecule has 2 aliphatic heterocycles. The van der Waals surface area contributed by atoms with Gasteiger partial charge in [0.05, 0.1) is 13.2 Å². The van der Waals surface area contributed by atoms with Gasteiger partial charge in [-0.1, -0.05) is 0 Å². The van der Waals surface area contributed by atoms with Gasteiger partial charge in [0.25, 0.3) is 0 Å². The minimum Gasteiger partial charge on any atom is -0.381 e. The summed E-state index contributed by atoms with van der Waals surface area (Å²) in [5.41, 5.74) is 3.92. The molecule has 0 aromatic carbocycles. The molecular formula is C17H23N3O2. The molecule has 3 atom stereocenters. The van der Waals surface area contributed by atoms with Gasteiger partial charge in [-0.15, -0.1) is 0 Å². The van der Waals surface area contributed by atoms with Crippen molar-refractivity contribution in [3.8, 4) is 0 Å². The van der Waals surface area contributed by atoms with E-state index in [0.29, 0.717) is 17.7 Å². The van der Waals surface area contributed by atoms with Gasteiger partial charge in [-0.3, -0.25) is 9.78 Å². The van der Waals surface area contributed by atoms with E-state index in [1.807, 2.05) is 17.3 Å². The largest absolute Gasteiger partial charge is 0.381 e. The topological polar surface area (TPSA) is 45.7 Å². The lowest BCUT2D eigenvalue weighted by Crippen LogP contribution is -2.38. The number of pyridine rings is 1. The molecule has 3 aliphatic rings.